The van der Waals surface area contributed by atoms with Gasteiger partial charge in [0.25, 0.3) is 0 Å². The third-order valence-corrected chi connectivity index (χ3v) is 13.1. The summed E-state index contributed by atoms with van der Waals surface area (Å²) in [5, 5.41) is 7.42. The number of hydrogen-bond donors (Lipinski definition) is 0. The predicted molar refractivity (Wildman–Crippen MR) is 262 cm³/mol. The molecule has 0 spiro atoms. The van der Waals surface area contributed by atoms with Crippen LogP contribution >= 0.6 is 0 Å². The first-order valence-corrected chi connectivity index (χ1v) is 21.5. The van der Waals surface area contributed by atoms with E-state index in [0.717, 1.165) is 17.1 Å². The highest BCUT2D eigenvalue weighted by atomic mass is 15.2. The quantitative estimate of drug-likeness (QED) is 0.145. The summed E-state index contributed by atoms with van der Waals surface area (Å²) in [4.78, 5) is 2.57. The molecule has 0 amide bonds. The Hall–Kier alpha value is -8.00. The minimum atomic E-state index is -0.542. The van der Waals surface area contributed by atoms with Gasteiger partial charge in [0.05, 0.1) is 22.5 Å². The van der Waals surface area contributed by atoms with E-state index in [9.17, 15) is 0 Å². The van der Waals surface area contributed by atoms with E-state index in [2.05, 4.69) is 254 Å². The fourth-order valence-electron chi connectivity index (χ4n) is 10.6. The van der Waals surface area contributed by atoms with Crippen molar-refractivity contribution in [3.63, 3.8) is 0 Å². The summed E-state index contributed by atoms with van der Waals surface area (Å²) in [6, 6.07) is 91.8. The largest absolute Gasteiger partial charge is 0.309 e. The van der Waals surface area contributed by atoms with Crippen LogP contribution in [0.1, 0.15) is 22.3 Å². The maximum Gasteiger partial charge on any atom is 0.0714 e. The topological polar surface area (TPSA) is 3.24 Å². The Morgan fingerprint density at radius 3 is 1.42 bits per heavy atom. The highest BCUT2D eigenvalue weighted by molar-refractivity contribution is 6.15. The molecule has 0 aromatic heterocycles. The Kier molecular flexibility index (Phi) is 8.47. The van der Waals surface area contributed by atoms with Crippen molar-refractivity contribution in [1.29, 1.82) is 0 Å². The van der Waals surface area contributed by atoms with Crippen LogP contribution < -0.4 is 4.90 Å². The van der Waals surface area contributed by atoms with E-state index >= 15 is 0 Å². The van der Waals surface area contributed by atoms with Crippen LogP contribution in [0.4, 0.5) is 17.1 Å². The molecule has 1 aliphatic carbocycles. The average Bonchev–Trinajstić information content (AvgIpc) is 3.66. The lowest BCUT2D eigenvalue weighted by Gasteiger charge is -2.35. The van der Waals surface area contributed by atoms with Crippen molar-refractivity contribution in [2.24, 2.45) is 0 Å². The van der Waals surface area contributed by atoms with E-state index in [0.29, 0.717) is 0 Å². The zero-order valence-corrected chi connectivity index (χ0v) is 34.1. The molecule has 1 nitrogen and oxygen atoms in total. The molecule has 0 fully saturated rings. The van der Waals surface area contributed by atoms with E-state index in [-0.39, 0.29) is 0 Å². The summed E-state index contributed by atoms with van der Waals surface area (Å²) in [6.45, 7) is 0. The first-order chi connectivity index (χ1) is 30.8. The molecular formula is C61H41N. The van der Waals surface area contributed by atoms with Crippen molar-refractivity contribution in [3.05, 3.63) is 271 Å². The molecule has 0 bridgehead atoms. The van der Waals surface area contributed by atoms with E-state index in [1.165, 1.54) is 88.0 Å². The van der Waals surface area contributed by atoms with Gasteiger partial charge in [0.1, 0.15) is 0 Å². The van der Waals surface area contributed by atoms with E-state index in [1.54, 1.807) is 0 Å². The van der Waals surface area contributed by atoms with Gasteiger partial charge in [-0.2, -0.15) is 0 Å². The maximum atomic E-state index is 2.57. The van der Waals surface area contributed by atoms with Gasteiger partial charge >= 0.3 is 0 Å². The summed E-state index contributed by atoms with van der Waals surface area (Å²) in [7, 11) is 0. The predicted octanol–water partition coefficient (Wildman–Crippen LogP) is 16.3. The lowest BCUT2D eigenvalue weighted by molar-refractivity contribution is 0.768. The van der Waals surface area contributed by atoms with E-state index < -0.39 is 5.41 Å². The van der Waals surface area contributed by atoms with Gasteiger partial charge in [0.15, 0.2) is 0 Å². The zero-order valence-electron chi connectivity index (χ0n) is 34.1. The van der Waals surface area contributed by atoms with E-state index in [1.807, 2.05) is 0 Å². The molecule has 290 valence electrons. The Bertz CT molecular complexity index is 3430. The summed E-state index contributed by atoms with van der Waals surface area (Å²) in [6.07, 6.45) is 0. The van der Waals surface area contributed by atoms with Crippen LogP contribution in [0.2, 0.25) is 0 Å². The number of nitrogens with zero attached hydrogens (tertiary/aromatic N) is 1. The van der Waals surface area contributed by atoms with Crippen molar-refractivity contribution in [1.82, 2.24) is 0 Å². The van der Waals surface area contributed by atoms with Crippen LogP contribution in [-0.2, 0) is 5.41 Å². The van der Waals surface area contributed by atoms with Crippen LogP contribution in [0.15, 0.2) is 249 Å². The smallest absolute Gasteiger partial charge is 0.0714 e. The minimum Gasteiger partial charge on any atom is -0.309 e. The molecular weight excluding hydrogens is 747 g/mol. The van der Waals surface area contributed by atoms with Gasteiger partial charge in [-0.15, -0.1) is 0 Å². The van der Waals surface area contributed by atoms with Crippen LogP contribution in [-0.4, -0.2) is 0 Å². The van der Waals surface area contributed by atoms with Crippen molar-refractivity contribution in [2.45, 2.75) is 5.41 Å². The summed E-state index contributed by atoms with van der Waals surface area (Å²) < 4.78 is 0. The molecule has 0 unspecified atom stereocenters. The van der Waals surface area contributed by atoms with Gasteiger partial charge in [-0.25, -0.2) is 0 Å². The first-order valence-electron chi connectivity index (χ1n) is 21.5. The zero-order chi connectivity index (χ0) is 41.0. The third-order valence-electron chi connectivity index (χ3n) is 13.1. The molecule has 0 saturated carbocycles. The lowest BCUT2D eigenvalue weighted by Crippen LogP contribution is -2.28. The Balaban J connectivity index is 1.21. The number of hydrogen-bond acceptors (Lipinski definition) is 1. The molecule has 62 heavy (non-hydrogen) atoms. The first kappa shape index (κ1) is 35.9. The second kappa shape index (κ2) is 14.6. The number of para-hydroxylation sites is 2. The molecule has 1 heteroatoms. The van der Waals surface area contributed by atoms with Gasteiger partial charge in [-0.05, 0) is 95.5 Å². The van der Waals surface area contributed by atoms with Gasteiger partial charge < -0.3 is 4.90 Å². The Morgan fingerprint density at radius 2 is 0.710 bits per heavy atom. The SMILES string of the molecule is c1ccc(C2(c3ccccc3)c3ccccc3-c3c(N(c4ccccc4-c4cccc5ccccc45)c4ccccc4-c4cc5ccccc5c5ccccc45)cccc32)cc1. The second-order valence-corrected chi connectivity index (χ2v) is 16.3. The third kappa shape index (κ3) is 5.42. The lowest BCUT2D eigenvalue weighted by atomic mass is 9.68. The van der Waals surface area contributed by atoms with Gasteiger partial charge in [0, 0.05) is 16.7 Å². The van der Waals surface area contributed by atoms with Crippen molar-refractivity contribution >= 4 is 49.4 Å². The number of rotatable bonds is 7. The molecule has 12 rings (SSSR count). The minimum absolute atomic E-state index is 0.542. The highest BCUT2D eigenvalue weighted by Crippen LogP contribution is 2.60. The monoisotopic (exact) mass is 787 g/mol. The molecule has 0 heterocycles. The molecule has 0 atom stereocenters. The fourth-order valence-corrected chi connectivity index (χ4v) is 10.6. The number of fused-ring (bicyclic) bond motifs is 7. The van der Waals surface area contributed by atoms with Crippen LogP contribution in [0.25, 0.3) is 65.7 Å². The molecule has 11 aromatic carbocycles. The van der Waals surface area contributed by atoms with Crippen molar-refractivity contribution < 1.29 is 0 Å². The van der Waals surface area contributed by atoms with Crippen LogP contribution in [0.3, 0.4) is 0 Å². The Morgan fingerprint density at radius 1 is 0.258 bits per heavy atom. The molecule has 1 aliphatic rings. The summed E-state index contributed by atoms with van der Waals surface area (Å²) in [5.41, 5.74) is 15.1. The van der Waals surface area contributed by atoms with Crippen LogP contribution in [0.5, 0.6) is 0 Å². The molecule has 0 saturated heterocycles. The van der Waals surface area contributed by atoms with Crippen LogP contribution in [0, 0.1) is 0 Å². The summed E-state index contributed by atoms with van der Waals surface area (Å²) >= 11 is 0. The fraction of sp³-hybridized carbons (Fsp3) is 0.0164. The van der Waals surface area contributed by atoms with Crippen molar-refractivity contribution in [2.75, 3.05) is 4.90 Å². The summed E-state index contributed by atoms with van der Waals surface area (Å²) in [5.74, 6) is 0. The molecule has 0 radical (unpaired) electrons. The van der Waals surface area contributed by atoms with Gasteiger partial charge in [-0.1, -0.05) is 224 Å². The van der Waals surface area contributed by atoms with E-state index in [4.69, 9.17) is 0 Å². The normalized spacial score (nSPS) is 12.6. The highest BCUT2D eigenvalue weighted by Gasteiger charge is 2.47. The number of benzene rings is 11. The second-order valence-electron chi connectivity index (χ2n) is 16.3. The number of anilines is 3. The van der Waals surface area contributed by atoms with Gasteiger partial charge in [-0.3, -0.25) is 0 Å². The molecule has 0 N–H and O–H groups in total. The maximum absolute atomic E-state index is 2.57. The Labute approximate surface area is 362 Å². The average molecular weight is 788 g/mol. The molecule has 11 aromatic rings. The van der Waals surface area contributed by atoms with Gasteiger partial charge in [0.2, 0.25) is 0 Å². The molecule has 0 aliphatic heterocycles. The standard InChI is InChI=1S/C61H41N/c1-3-24-44(25-4-1)61(45-26-5-2-6-27-45)55-36-16-13-34-53(55)60-56(61)37-20-40-59(60)62(57-38-17-14-32-51(57)49-35-19-23-42-21-7-9-28-46(42)49)58-39-18-15-33-52(58)54-41-43-22-8-10-29-47(43)48-30-11-12-31-50(48)54/h1-41H. The van der Waals surface area contributed by atoms with Crippen molar-refractivity contribution in [3.8, 4) is 33.4 Å².